The van der Waals surface area contributed by atoms with Crippen molar-refractivity contribution in [2.24, 2.45) is 17.8 Å². The van der Waals surface area contributed by atoms with Gasteiger partial charge in [-0.25, -0.2) is 9.48 Å². The predicted molar refractivity (Wildman–Crippen MR) is 486 cm³/mol. The molecule has 31 atom stereocenters. The summed E-state index contributed by atoms with van der Waals surface area (Å²) in [6, 6.07) is 21.6. The molecule has 0 saturated carbocycles. The van der Waals surface area contributed by atoms with E-state index in [-0.39, 0.29) is 116 Å². The summed E-state index contributed by atoms with van der Waals surface area (Å²) in [4.78, 5) is 124. The minimum atomic E-state index is -4.30. The van der Waals surface area contributed by atoms with E-state index in [4.69, 9.17) is 80.1 Å². The van der Waals surface area contributed by atoms with Crippen molar-refractivity contribution in [1.82, 2.24) is 36.3 Å². The Bertz CT molecular complexity index is 4540. The molecule has 1 aromatic heterocycles. The Balaban J connectivity index is 0.880. The number of carboxylic acid groups (broad SMARTS) is 1. The summed E-state index contributed by atoms with van der Waals surface area (Å²) in [6.45, 7) is 12.0. The van der Waals surface area contributed by atoms with Crippen LogP contribution in [0, 0.1) is 17.8 Å². The van der Waals surface area contributed by atoms with E-state index in [9.17, 15) is 104 Å². The molecule has 4 amide bonds. The van der Waals surface area contributed by atoms with Crippen LogP contribution in [0.1, 0.15) is 162 Å². The van der Waals surface area contributed by atoms with Crippen LogP contribution in [0.25, 0.3) is 0 Å². The highest BCUT2D eigenvalue weighted by Crippen LogP contribution is 2.50. The Morgan fingerprint density at radius 1 is 0.557 bits per heavy atom. The Hall–Kier alpha value is -8.66. The standard InChI is InChI=1S/C94H140N7O38P/c1-11-52(7)38-68(108)97-76-83(134-73(113)39-53(8)12-2)54(9)65(51-126-90-77(98-70(110)41-59(13-3)128-71(111)15-5)87(135-74(114)42-60(14-4)129-72(112)16-6)85(66(133-90)50-123-48-56-28-22-18-23-29-56)139-140(10,122)127-49-57-30-24-19-25-31-57)132-89(76)124-36-34-95-67(107)33-32-58-44-101(100-99-58)35-37-125-91-81(118)80(117)84(64(47-104)131-91)136-92-82(119)88(79(116)63(46-103)130-92)138-94(93(120)121)43-61(105)75(86(137-94)78(115)62(106)45-102)96-69(109)40-55-26-20-17-21-27-55/h17-31,44,52-54,59-66,75-92,102-106,115-119H,11-16,32-43,45-51H2,1-10H3,(H,95,107)(H,96,109)(H,97,108)(H,98,110)(H,120,121)/t52-,53-,54-,59-,60-,61-,62-,63?,64?,65?,66?,75-,76?,77?,78-,79+,80-,81?,82?,83+,84-,85-,86?,87-,88+,89+,90-,91-,92+,94+,140?/m1/s1. The normalized spacial score (nSPS) is 29.8. The molecule has 10 unspecified atom stereocenters. The summed E-state index contributed by atoms with van der Waals surface area (Å²) in [6.07, 6.45) is -40.0. The maximum Gasteiger partial charge on any atom is 0.364 e. The average Bonchev–Trinajstić information content (AvgIpc) is 0.803. The summed E-state index contributed by atoms with van der Waals surface area (Å²) in [5.74, 6) is -11.6. The number of nitrogens with one attached hydrogen (secondary N) is 4. The van der Waals surface area contributed by atoms with Crippen molar-refractivity contribution in [1.29, 1.82) is 0 Å². The number of nitrogens with zero attached hydrogens (tertiary/aromatic N) is 3. The van der Waals surface area contributed by atoms with Crippen molar-refractivity contribution >= 4 is 61.1 Å². The van der Waals surface area contributed by atoms with Gasteiger partial charge < -0.3 is 153 Å². The molecule has 784 valence electrons. The summed E-state index contributed by atoms with van der Waals surface area (Å²) < 4.78 is 121. The molecule has 15 N–H and O–H groups in total. The fourth-order valence-electron chi connectivity index (χ4n) is 16.3. The zero-order valence-corrected chi connectivity index (χ0v) is 81.3. The molecule has 45 nitrogen and oxygen atoms in total. The van der Waals surface area contributed by atoms with Crippen LogP contribution in [0.2, 0.25) is 0 Å². The molecular formula is C94H140N7O38P. The van der Waals surface area contributed by atoms with Crippen molar-refractivity contribution in [2.75, 3.05) is 59.5 Å². The van der Waals surface area contributed by atoms with Gasteiger partial charge in [0.05, 0.1) is 109 Å². The second-order valence-electron chi connectivity index (χ2n) is 35.6. The lowest BCUT2D eigenvalue weighted by atomic mass is 9.88. The lowest BCUT2D eigenvalue weighted by Gasteiger charge is -2.50. The quantitative estimate of drug-likeness (QED) is 0.0127. The van der Waals surface area contributed by atoms with Gasteiger partial charge in [-0.1, -0.05) is 171 Å². The summed E-state index contributed by atoms with van der Waals surface area (Å²) in [5, 5.41) is 141. The van der Waals surface area contributed by atoms with Crippen molar-refractivity contribution in [3.8, 4) is 0 Å². The minimum absolute atomic E-state index is 0.00880. The number of amides is 4. The molecule has 0 aliphatic carbocycles. The highest BCUT2D eigenvalue weighted by atomic mass is 31.2. The number of benzene rings is 3. The van der Waals surface area contributed by atoms with Crippen LogP contribution in [-0.2, 0) is 160 Å². The highest BCUT2D eigenvalue weighted by molar-refractivity contribution is 7.53. The second-order valence-corrected chi connectivity index (χ2v) is 37.6. The van der Waals surface area contributed by atoms with Crippen LogP contribution in [0.15, 0.2) is 97.2 Å². The van der Waals surface area contributed by atoms with E-state index in [1.165, 1.54) is 17.5 Å². The van der Waals surface area contributed by atoms with Crippen LogP contribution in [0.5, 0.6) is 0 Å². The van der Waals surface area contributed by atoms with Gasteiger partial charge in [0.25, 0.3) is 5.79 Å². The molecule has 0 bridgehead atoms. The Labute approximate surface area is 811 Å². The van der Waals surface area contributed by atoms with E-state index in [2.05, 4.69) is 31.6 Å². The van der Waals surface area contributed by atoms with Gasteiger partial charge in [-0.3, -0.25) is 47.4 Å². The average molecular weight is 2010 g/mol. The molecule has 4 aromatic rings. The third-order valence-electron chi connectivity index (χ3n) is 24.8. The van der Waals surface area contributed by atoms with Gasteiger partial charge in [-0.05, 0) is 41.4 Å². The van der Waals surface area contributed by atoms with Crippen LogP contribution in [0.4, 0.5) is 0 Å². The Kier molecular flexibility index (Phi) is 46.4. The van der Waals surface area contributed by atoms with Crippen LogP contribution < -0.4 is 21.3 Å². The first-order chi connectivity index (χ1) is 66.9. The molecular weight excluding hydrogens is 1870 g/mol. The molecule has 5 aliphatic heterocycles. The smallest absolute Gasteiger partial charge is 0.364 e. The number of aromatic nitrogens is 3. The number of esters is 4. The lowest BCUT2D eigenvalue weighted by Crippen LogP contribution is -2.71. The van der Waals surface area contributed by atoms with E-state index < -0.39 is 278 Å². The third-order valence-corrected chi connectivity index (χ3v) is 26.0. The highest BCUT2D eigenvalue weighted by Gasteiger charge is 2.62. The summed E-state index contributed by atoms with van der Waals surface area (Å²) in [5.41, 5.74) is 2.20. The van der Waals surface area contributed by atoms with E-state index >= 15 is 0 Å². The molecule has 5 aliphatic rings. The molecule has 5 fully saturated rings. The van der Waals surface area contributed by atoms with E-state index in [1.807, 2.05) is 45.9 Å². The van der Waals surface area contributed by atoms with Crippen LogP contribution >= 0.6 is 7.60 Å². The number of carbonyl (C=O) groups is 9. The van der Waals surface area contributed by atoms with Gasteiger partial charge >= 0.3 is 37.4 Å². The maximum atomic E-state index is 14.9. The van der Waals surface area contributed by atoms with E-state index in [0.29, 0.717) is 29.7 Å². The molecule has 46 heteroatoms. The number of aliphatic hydroxyl groups is 10. The van der Waals surface area contributed by atoms with E-state index in [0.717, 1.165) is 5.56 Å². The summed E-state index contributed by atoms with van der Waals surface area (Å²) >= 11 is 0. The molecule has 3 aromatic carbocycles. The predicted octanol–water partition coefficient (Wildman–Crippen LogP) is 1.03. The largest absolute Gasteiger partial charge is 0.477 e. The monoisotopic (exact) mass is 2010 g/mol. The zero-order valence-electron chi connectivity index (χ0n) is 80.4. The molecule has 0 radical (unpaired) electrons. The number of carbonyl (C=O) groups excluding carboxylic acids is 8. The minimum Gasteiger partial charge on any atom is -0.477 e. The van der Waals surface area contributed by atoms with Gasteiger partial charge in [0.1, 0.15) is 110 Å². The Morgan fingerprint density at radius 2 is 1.11 bits per heavy atom. The van der Waals surface area contributed by atoms with Gasteiger partial charge in [0, 0.05) is 70.3 Å². The van der Waals surface area contributed by atoms with Crippen molar-refractivity contribution in [2.45, 2.75) is 337 Å². The molecule has 9 rings (SSSR count). The number of carboxylic acids is 1. The fraction of sp³-hybridized carbons (Fsp3) is 0.691. The first kappa shape index (κ1) is 115. The number of ether oxygens (including phenoxy) is 15. The number of hydrogen-bond acceptors (Lipinski definition) is 39. The van der Waals surface area contributed by atoms with Gasteiger partial charge in [0.2, 0.25) is 23.6 Å². The number of aryl methyl sites for hydroxylation is 1. The van der Waals surface area contributed by atoms with Gasteiger partial charge in [-0.15, -0.1) is 5.10 Å². The summed E-state index contributed by atoms with van der Waals surface area (Å²) in [7, 11) is -4.30. The fourth-order valence-corrected chi connectivity index (χ4v) is 17.4. The van der Waals surface area contributed by atoms with Crippen LogP contribution in [0.3, 0.4) is 0 Å². The third kappa shape index (κ3) is 33.7. The number of aliphatic carboxylic acids is 1. The first-order valence-corrected chi connectivity index (χ1v) is 49.6. The molecule has 0 spiro atoms. The SMILES string of the molecule is CCC(=O)O[C@H](CC)CC(=O)NC1[C@H](OCC2O[C@H](OCCNC(=O)CCc3cn(CCO[C@@H]4OC(CO)[C@@H](O[C@@H]5OC(CO)[C@H](O)[C@H](O[C@]6(C(=O)O)C[C@@H](O)[C@@H](NC(=O)Cc7ccccc7)C([C@H](O)[C@H](O)CO)O6)C5O)[C@H](O)C4O)nn3)C(NC(=O)C[C@H](C)CC)[C@@H](OC(=O)C[C@H](C)CC)[C@@H]2C)OC(COCc2ccccc2)[C@@H](OP(C)(=O)OCc2ccccc2)[C@@H]1OC(=O)C[C@@H](CC)OC(=O)CC. The van der Waals surface area contributed by atoms with Gasteiger partial charge in [0.15, 0.2) is 31.3 Å². The van der Waals surface area contributed by atoms with Crippen molar-refractivity contribution < 1.29 is 184 Å². The molecule has 5 saturated heterocycles. The van der Waals surface area contributed by atoms with E-state index in [1.54, 1.807) is 107 Å². The van der Waals surface area contributed by atoms with Crippen LogP contribution in [-0.4, -0.2) is 349 Å². The number of rotatable bonds is 56. The number of aliphatic hydroxyl groups excluding tert-OH is 10. The molecule has 140 heavy (non-hydrogen) atoms. The molecule has 6 heterocycles. The van der Waals surface area contributed by atoms with Crippen molar-refractivity contribution in [3.05, 3.63) is 120 Å². The van der Waals surface area contributed by atoms with Crippen molar-refractivity contribution in [3.63, 3.8) is 0 Å². The lowest BCUT2D eigenvalue weighted by molar-refractivity contribution is -0.386. The maximum absolute atomic E-state index is 14.9. The number of hydrogen-bond donors (Lipinski definition) is 15. The van der Waals surface area contributed by atoms with Gasteiger partial charge in [-0.2, -0.15) is 0 Å². The first-order valence-electron chi connectivity index (χ1n) is 47.6. The second kappa shape index (κ2) is 56.6. The topological polar surface area (TPSA) is 629 Å². The zero-order chi connectivity index (χ0) is 102. The Morgan fingerprint density at radius 3 is 1.71 bits per heavy atom.